The van der Waals surface area contributed by atoms with Gasteiger partial charge in [0.2, 0.25) is 11.7 Å². The Labute approximate surface area is 234 Å². The van der Waals surface area contributed by atoms with Gasteiger partial charge in [0.25, 0.3) is 0 Å². The Morgan fingerprint density at radius 2 is 1.77 bits per heavy atom. The summed E-state index contributed by atoms with van der Waals surface area (Å²) < 4.78 is 6.29. The number of nitrogens with zero attached hydrogens (tertiary/aromatic N) is 2. The van der Waals surface area contributed by atoms with E-state index < -0.39 is 12.1 Å². The number of carbonyl (C=O) groups is 2. The molecule has 1 amide bonds. The number of aromatic nitrogens is 1. The van der Waals surface area contributed by atoms with Crippen molar-refractivity contribution in [2.24, 2.45) is 17.6 Å². The summed E-state index contributed by atoms with van der Waals surface area (Å²) in [5.41, 5.74) is 8.23. The van der Waals surface area contributed by atoms with Gasteiger partial charge in [0.05, 0.1) is 17.8 Å². The SMILES string of the molecule is CC(C)Cc1nc(C2CCN(C)CC2)oc1C(=O)C(CCc1ccccc1)NC(=O)C(N)CC1CCCCC1. The molecule has 2 aromatic rings. The molecule has 2 heterocycles. The summed E-state index contributed by atoms with van der Waals surface area (Å²) in [5.74, 6) is 1.59. The molecule has 2 unspecified atom stereocenters. The van der Waals surface area contributed by atoms with Crippen molar-refractivity contribution in [3.8, 4) is 0 Å². The molecule has 2 atom stereocenters. The second-order valence-electron chi connectivity index (χ2n) is 12.3. The molecule has 0 radical (unpaired) electrons. The predicted molar refractivity (Wildman–Crippen MR) is 155 cm³/mol. The maximum absolute atomic E-state index is 14.1. The molecular formula is C32H48N4O3. The Balaban J connectivity index is 1.53. The lowest BCUT2D eigenvalue weighted by atomic mass is 9.85. The lowest BCUT2D eigenvalue weighted by molar-refractivity contribution is -0.123. The highest BCUT2D eigenvalue weighted by Gasteiger charge is 2.33. The zero-order chi connectivity index (χ0) is 27.8. The summed E-state index contributed by atoms with van der Waals surface area (Å²) in [7, 11) is 2.13. The molecule has 0 bridgehead atoms. The van der Waals surface area contributed by atoms with Gasteiger partial charge in [0, 0.05) is 5.92 Å². The molecule has 1 saturated carbocycles. The Bertz CT molecular complexity index is 1050. The minimum Gasteiger partial charge on any atom is -0.437 e. The van der Waals surface area contributed by atoms with E-state index in [9.17, 15) is 9.59 Å². The van der Waals surface area contributed by atoms with E-state index >= 15 is 0 Å². The first kappa shape index (κ1) is 29.5. The van der Waals surface area contributed by atoms with E-state index in [1.165, 1.54) is 19.3 Å². The summed E-state index contributed by atoms with van der Waals surface area (Å²) >= 11 is 0. The van der Waals surface area contributed by atoms with Gasteiger partial charge in [-0.25, -0.2) is 4.98 Å². The van der Waals surface area contributed by atoms with Crippen molar-refractivity contribution in [1.29, 1.82) is 0 Å². The van der Waals surface area contributed by atoms with Crippen molar-refractivity contribution in [3.05, 3.63) is 53.2 Å². The van der Waals surface area contributed by atoms with E-state index in [0.717, 1.165) is 50.0 Å². The summed E-state index contributed by atoms with van der Waals surface area (Å²) in [6, 6.07) is 8.75. The van der Waals surface area contributed by atoms with Gasteiger partial charge in [-0.3, -0.25) is 9.59 Å². The van der Waals surface area contributed by atoms with Gasteiger partial charge in [-0.1, -0.05) is 76.3 Å². The third-order valence-corrected chi connectivity index (χ3v) is 8.45. The molecule has 1 aliphatic carbocycles. The van der Waals surface area contributed by atoms with Crippen LogP contribution in [0.15, 0.2) is 34.7 Å². The fourth-order valence-corrected chi connectivity index (χ4v) is 6.07. The molecule has 4 rings (SSSR count). The van der Waals surface area contributed by atoms with E-state index in [0.29, 0.717) is 49.2 Å². The van der Waals surface area contributed by atoms with Crippen molar-refractivity contribution >= 4 is 11.7 Å². The molecule has 1 aliphatic heterocycles. The van der Waals surface area contributed by atoms with Crippen molar-refractivity contribution in [1.82, 2.24) is 15.2 Å². The summed E-state index contributed by atoms with van der Waals surface area (Å²) in [6.45, 7) is 6.23. The Morgan fingerprint density at radius 1 is 1.08 bits per heavy atom. The Kier molecular flexibility index (Phi) is 10.7. The quantitative estimate of drug-likeness (QED) is 0.358. The van der Waals surface area contributed by atoms with Crippen molar-refractivity contribution in [2.45, 2.75) is 102 Å². The summed E-state index contributed by atoms with van der Waals surface area (Å²) in [4.78, 5) is 34.5. The second kappa shape index (κ2) is 14.2. The smallest absolute Gasteiger partial charge is 0.237 e. The number of nitrogens with one attached hydrogen (secondary N) is 1. The molecule has 3 N–H and O–H groups in total. The number of ketones is 1. The highest BCUT2D eigenvalue weighted by Crippen LogP contribution is 2.30. The zero-order valence-electron chi connectivity index (χ0n) is 24.2. The van der Waals surface area contributed by atoms with Gasteiger partial charge >= 0.3 is 0 Å². The molecule has 1 saturated heterocycles. The van der Waals surface area contributed by atoms with Gasteiger partial charge < -0.3 is 20.4 Å². The number of carbonyl (C=O) groups excluding carboxylic acids is 2. The van der Waals surface area contributed by atoms with Gasteiger partial charge in [0.15, 0.2) is 11.7 Å². The molecule has 39 heavy (non-hydrogen) atoms. The monoisotopic (exact) mass is 536 g/mol. The number of nitrogens with two attached hydrogens (primary N) is 1. The zero-order valence-corrected chi connectivity index (χ0v) is 24.2. The average Bonchev–Trinajstić information content (AvgIpc) is 3.35. The number of likely N-dealkylation sites (tertiary alicyclic amines) is 1. The van der Waals surface area contributed by atoms with Crippen LogP contribution in [-0.2, 0) is 17.6 Å². The van der Waals surface area contributed by atoms with Crippen LogP contribution in [0.4, 0.5) is 0 Å². The number of rotatable bonds is 12. The maximum atomic E-state index is 14.1. The van der Waals surface area contributed by atoms with Gasteiger partial charge in [-0.15, -0.1) is 0 Å². The first-order valence-corrected chi connectivity index (χ1v) is 15.1. The number of hydrogen-bond acceptors (Lipinski definition) is 6. The molecule has 1 aromatic carbocycles. The minimum absolute atomic E-state index is 0.188. The average molecular weight is 537 g/mol. The van der Waals surface area contributed by atoms with Gasteiger partial charge in [0.1, 0.15) is 0 Å². The number of hydrogen-bond donors (Lipinski definition) is 2. The number of benzene rings is 1. The van der Waals surface area contributed by atoms with E-state index in [2.05, 4.69) is 43.2 Å². The minimum atomic E-state index is -0.709. The fourth-order valence-electron chi connectivity index (χ4n) is 6.07. The number of oxazole rings is 1. The molecular weight excluding hydrogens is 488 g/mol. The third kappa shape index (κ3) is 8.49. The van der Waals surface area contributed by atoms with E-state index in [1.807, 2.05) is 18.2 Å². The van der Waals surface area contributed by atoms with Crippen molar-refractivity contribution < 1.29 is 14.0 Å². The summed E-state index contributed by atoms with van der Waals surface area (Å²) in [6.07, 6.45) is 10.4. The first-order valence-electron chi connectivity index (χ1n) is 15.1. The molecule has 7 nitrogen and oxygen atoms in total. The molecule has 2 fully saturated rings. The Hall–Kier alpha value is -2.51. The van der Waals surface area contributed by atoms with Crippen LogP contribution in [0, 0.1) is 11.8 Å². The van der Waals surface area contributed by atoms with E-state index in [4.69, 9.17) is 15.1 Å². The second-order valence-corrected chi connectivity index (χ2v) is 12.3. The highest BCUT2D eigenvalue weighted by molar-refractivity contribution is 6.01. The first-order chi connectivity index (χ1) is 18.8. The van der Waals surface area contributed by atoms with Crippen molar-refractivity contribution in [2.75, 3.05) is 20.1 Å². The van der Waals surface area contributed by atoms with Crippen LogP contribution < -0.4 is 11.1 Å². The number of Topliss-reactive ketones (excluding diaryl/α,β-unsaturated/α-hetero) is 1. The molecule has 0 spiro atoms. The number of aryl methyl sites for hydroxylation is 1. The number of amides is 1. The molecule has 1 aromatic heterocycles. The van der Waals surface area contributed by atoms with Crippen LogP contribution in [-0.4, -0.2) is 53.8 Å². The van der Waals surface area contributed by atoms with Crippen LogP contribution in [0.25, 0.3) is 0 Å². The van der Waals surface area contributed by atoms with Crippen LogP contribution in [0.1, 0.15) is 105 Å². The standard InChI is InChI=1S/C32H48N4O3/c1-22(2)20-28-30(39-32(35-28)25-16-18-36(3)19-17-25)29(37)27(15-14-23-10-6-4-7-11-23)34-31(38)26(33)21-24-12-8-5-9-13-24/h4,6-7,10-11,22,24-27H,5,8-9,12-21,33H2,1-3H3,(H,34,38). The van der Waals surface area contributed by atoms with Crippen LogP contribution in [0.5, 0.6) is 0 Å². The van der Waals surface area contributed by atoms with E-state index in [-0.39, 0.29) is 17.6 Å². The lowest BCUT2D eigenvalue weighted by Gasteiger charge is -2.26. The fraction of sp³-hybridized carbons (Fsp3) is 0.656. The third-order valence-electron chi connectivity index (χ3n) is 8.45. The predicted octanol–water partition coefficient (Wildman–Crippen LogP) is 5.28. The largest absolute Gasteiger partial charge is 0.437 e. The van der Waals surface area contributed by atoms with E-state index in [1.54, 1.807) is 0 Å². The number of piperidine rings is 1. The molecule has 7 heteroatoms. The van der Waals surface area contributed by atoms with Crippen LogP contribution >= 0.6 is 0 Å². The topological polar surface area (TPSA) is 101 Å². The molecule has 2 aliphatic rings. The Morgan fingerprint density at radius 3 is 2.44 bits per heavy atom. The van der Waals surface area contributed by atoms with Crippen LogP contribution in [0.2, 0.25) is 0 Å². The van der Waals surface area contributed by atoms with Crippen LogP contribution in [0.3, 0.4) is 0 Å². The normalized spacial score (nSPS) is 19.2. The highest BCUT2D eigenvalue weighted by atomic mass is 16.4. The lowest BCUT2D eigenvalue weighted by Crippen LogP contribution is -2.49. The van der Waals surface area contributed by atoms with Gasteiger partial charge in [-0.2, -0.15) is 0 Å². The van der Waals surface area contributed by atoms with Crippen molar-refractivity contribution in [3.63, 3.8) is 0 Å². The van der Waals surface area contributed by atoms with Gasteiger partial charge in [-0.05, 0) is 76.1 Å². The molecule has 214 valence electrons. The maximum Gasteiger partial charge on any atom is 0.237 e. The summed E-state index contributed by atoms with van der Waals surface area (Å²) in [5, 5.41) is 3.04.